The molecule has 3 aromatic rings. The maximum Gasteiger partial charge on any atom is 0.387 e. The summed E-state index contributed by atoms with van der Waals surface area (Å²) in [4.78, 5) is 25.2. The SMILES string of the molecule is COc1cc(/C=C/c2nc3cc([N+](=O)[O-])ccc3s2)c([N+](=O)[O-])cc1OC(F)F. The minimum absolute atomic E-state index is 0.0821. The van der Waals surface area contributed by atoms with Crippen molar-refractivity contribution in [3.63, 3.8) is 0 Å². The maximum atomic E-state index is 12.5. The second-order valence-corrected chi connectivity index (χ2v) is 6.55. The van der Waals surface area contributed by atoms with E-state index in [0.717, 1.165) is 6.07 Å². The average Bonchev–Trinajstić information content (AvgIpc) is 3.08. The van der Waals surface area contributed by atoms with Crippen LogP contribution in [-0.4, -0.2) is 28.6 Å². The molecule has 0 atom stereocenters. The zero-order valence-corrected chi connectivity index (χ0v) is 15.4. The zero-order chi connectivity index (χ0) is 21.1. The zero-order valence-electron chi connectivity index (χ0n) is 14.6. The van der Waals surface area contributed by atoms with Gasteiger partial charge in [0.1, 0.15) is 5.01 Å². The Morgan fingerprint density at radius 2 is 1.86 bits per heavy atom. The van der Waals surface area contributed by atoms with Crippen molar-refractivity contribution in [1.82, 2.24) is 4.98 Å². The number of aromatic nitrogens is 1. The average molecular weight is 423 g/mol. The molecule has 1 aromatic heterocycles. The van der Waals surface area contributed by atoms with E-state index in [0.29, 0.717) is 15.2 Å². The number of non-ortho nitro benzene ring substituents is 1. The molecule has 0 bridgehead atoms. The Morgan fingerprint density at radius 1 is 1.10 bits per heavy atom. The van der Waals surface area contributed by atoms with Crippen molar-refractivity contribution in [2.24, 2.45) is 0 Å². The summed E-state index contributed by atoms with van der Waals surface area (Å²) in [5.41, 5.74) is -0.0712. The third-order valence-corrected chi connectivity index (χ3v) is 4.73. The molecular formula is C17H11F2N3O6S. The summed E-state index contributed by atoms with van der Waals surface area (Å²) in [5, 5.41) is 22.6. The first kappa shape index (κ1) is 20.1. The Balaban J connectivity index is 1.99. The van der Waals surface area contributed by atoms with E-state index in [1.165, 1.54) is 48.8 Å². The standard InChI is InChI=1S/C17H11F2N3O6S/c1-27-13-6-9(12(22(25)26)8-14(13)28-17(18)19)2-5-16-20-11-7-10(21(23)24)3-4-15(11)29-16/h2-8,17H,1H3/b5-2+. The fraction of sp³-hybridized carbons (Fsp3) is 0.118. The van der Waals surface area contributed by atoms with Gasteiger partial charge in [0.05, 0.1) is 38.8 Å². The second-order valence-electron chi connectivity index (χ2n) is 5.49. The van der Waals surface area contributed by atoms with E-state index < -0.39 is 27.9 Å². The molecule has 150 valence electrons. The van der Waals surface area contributed by atoms with Gasteiger partial charge in [-0.3, -0.25) is 20.2 Å². The monoisotopic (exact) mass is 423 g/mol. The summed E-state index contributed by atoms with van der Waals surface area (Å²) in [5.74, 6) is -0.561. The van der Waals surface area contributed by atoms with Gasteiger partial charge in [-0.15, -0.1) is 11.3 Å². The molecule has 0 N–H and O–H groups in total. The van der Waals surface area contributed by atoms with Crippen molar-refractivity contribution < 1.29 is 28.1 Å². The van der Waals surface area contributed by atoms with Crippen LogP contribution in [0, 0.1) is 20.2 Å². The van der Waals surface area contributed by atoms with Gasteiger partial charge in [-0.05, 0) is 24.3 Å². The van der Waals surface area contributed by atoms with Crippen LogP contribution in [0.3, 0.4) is 0 Å². The molecule has 0 radical (unpaired) electrons. The highest BCUT2D eigenvalue weighted by Gasteiger charge is 2.20. The van der Waals surface area contributed by atoms with E-state index in [1.807, 2.05) is 0 Å². The fourth-order valence-electron chi connectivity index (χ4n) is 2.48. The summed E-state index contributed by atoms with van der Waals surface area (Å²) < 4.78 is 34.9. The quantitative estimate of drug-likeness (QED) is 0.392. The van der Waals surface area contributed by atoms with E-state index in [4.69, 9.17) is 4.74 Å². The number of benzene rings is 2. The van der Waals surface area contributed by atoms with Crippen LogP contribution in [0.5, 0.6) is 11.5 Å². The van der Waals surface area contributed by atoms with Gasteiger partial charge in [0.2, 0.25) is 0 Å². The fourth-order valence-corrected chi connectivity index (χ4v) is 3.33. The Labute approximate surface area is 165 Å². The van der Waals surface area contributed by atoms with Crippen molar-refractivity contribution in [2.45, 2.75) is 6.61 Å². The number of rotatable bonds is 7. The molecular weight excluding hydrogens is 412 g/mol. The molecule has 0 aliphatic rings. The van der Waals surface area contributed by atoms with Gasteiger partial charge in [0, 0.05) is 12.1 Å². The van der Waals surface area contributed by atoms with Gasteiger partial charge in [0.25, 0.3) is 11.4 Å². The molecule has 3 rings (SSSR count). The van der Waals surface area contributed by atoms with Gasteiger partial charge in [-0.2, -0.15) is 8.78 Å². The number of hydrogen-bond donors (Lipinski definition) is 0. The number of halogens is 2. The predicted octanol–water partition coefficient (Wildman–Crippen LogP) is 4.89. The number of nitrogens with zero attached hydrogens (tertiary/aromatic N) is 3. The molecule has 2 aromatic carbocycles. The van der Waals surface area contributed by atoms with Gasteiger partial charge >= 0.3 is 6.61 Å². The van der Waals surface area contributed by atoms with Crippen LogP contribution in [0.1, 0.15) is 10.6 Å². The van der Waals surface area contributed by atoms with Crippen LogP contribution in [0.25, 0.3) is 22.4 Å². The van der Waals surface area contributed by atoms with E-state index in [9.17, 15) is 29.0 Å². The van der Waals surface area contributed by atoms with Crippen LogP contribution in [0.2, 0.25) is 0 Å². The van der Waals surface area contributed by atoms with Gasteiger partial charge in [0.15, 0.2) is 11.5 Å². The van der Waals surface area contributed by atoms with Gasteiger partial charge in [-0.1, -0.05) is 0 Å². The summed E-state index contributed by atoms with van der Waals surface area (Å²) in [6.07, 6.45) is 2.85. The molecule has 0 aliphatic heterocycles. The van der Waals surface area contributed by atoms with Gasteiger partial charge in [-0.25, -0.2) is 4.98 Å². The summed E-state index contributed by atoms with van der Waals surface area (Å²) in [6.45, 7) is -3.17. The lowest BCUT2D eigenvalue weighted by atomic mass is 10.1. The molecule has 0 spiro atoms. The Morgan fingerprint density at radius 3 is 2.48 bits per heavy atom. The first-order valence-electron chi connectivity index (χ1n) is 7.83. The lowest BCUT2D eigenvalue weighted by Gasteiger charge is -2.10. The number of thiazole rings is 1. The van der Waals surface area contributed by atoms with Crippen LogP contribution >= 0.6 is 11.3 Å². The van der Waals surface area contributed by atoms with Crippen molar-refractivity contribution in [1.29, 1.82) is 0 Å². The summed E-state index contributed by atoms with van der Waals surface area (Å²) in [6, 6.07) is 6.29. The lowest BCUT2D eigenvalue weighted by molar-refractivity contribution is -0.385. The highest BCUT2D eigenvalue weighted by atomic mass is 32.1. The first-order valence-corrected chi connectivity index (χ1v) is 8.64. The molecule has 1 heterocycles. The Hall–Kier alpha value is -3.67. The third kappa shape index (κ3) is 4.43. The van der Waals surface area contributed by atoms with E-state index in [-0.39, 0.29) is 17.0 Å². The number of alkyl halides is 2. The van der Waals surface area contributed by atoms with E-state index >= 15 is 0 Å². The first-order chi connectivity index (χ1) is 13.8. The van der Waals surface area contributed by atoms with E-state index in [2.05, 4.69) is 9.72 Å². The minimum atomic E-state index is -3.17. The smallest absolute Gasteiger partial charge is 0.387 e. The molecule has 0 aliphatic carbocycles. The third-order valence-electron chi connectivity index (χ3n) is 3.73. The largest absolute Gasteiger partial charge is 0.493 e. The number of ether oxygens (including phenoxy) is 2. The minimum Gasteiger partial charge on any atom is -0.493 e. The number of hydrogen-bond acceptors (Lipinski definition) is 8. The number of nitro groups is 2. The summed E-state index contributed by atoms with van der Waals surface area (Å²) >= 11 is 1.23. The highest BCUT2D eigenvalue weighted by Crippen LogP contribution is 2.37. The normalized spacial score (nSPS) is 11.3. The maximum absolute atomic E-state index is 12.5. The molecule has 9 nitrogen and oxygen atoms in total. The van der Waals surface area contributed by atoms with Crippen molar-refractivity contribution in [3.8, 4) is 11.5 Å². The summed E-state index contributed by atoms with van der Waals surface area (Å²) in [7, 11) is 1.22. The lowest BCUT2D eigenvalue weighted by Crippen LogP contribution is -2.05. The van der Waals surface area contributed by atoms with Crippen molar-refractivity contribution >= 4 is 45.1 Å². The van der Waals surface area contributed by atoms with Crippen LogP contribution in [-0.2, 0) is 0 Å². The predicted molar refractivity (Wildman–Crippen MR) is 101 cm³/mol. The molecule has 29 heavy (non-hydrogen) atoms. The number of nitro benzene ring substituents is 2. The van der Waals surface area contributed by atoms with Crippen molar-refractivity contribution in [2.75, 3.05) is 7.11 Å². The van der Waals surface area contributed by atoms with Crippen molar-refractivity contribution in [3.05, 3.63) is 61.1 Å². The molecule has 0 amide bonds. The number of methoxy groups -OCH3 is 1. The van der Waals surface area contributed by atoms with Gasteiger partial charge < -0.3 is 9.47 Å². The molecule has 0 saturated carbocycles. The molecule has 0 saturated heterocycles. The molecule has 12 heteroatoms. The van der Waals surface area contributed by atoms with Crippen LogP contribution in [0.4, 0.5) is 20.2 Å². The molecule has 0 fully saturated rings. The van der Waals surface area contributed by atoms with Crippen LogP contribution < -0.4 is 9.47 Å². The van der Waals surface area contributed by atoms with E-state index in [1.54, 1.807) is 6.07 Å². The molecule has 0 unspecified atom stereocenters. The second kappa shape index (κ2) is 8.14. The Kier molecular flexibility index (Phi) is 5.64. The topological polar surface area (TPSA) is 118 Å². The van der Waals surface area contributed by atoms with Crippen LogP contribution in [0.15, 0.2) is 30.3 Å². The number of fused-ring (bicyclic) bond motifs is 1. The highest BCUT2D eigenvalue weighted by molar-refractivity contribution is 7.19. The Bertz CT molecular complexity index is 1130.